The molecule has 0 radical (unpaired) electrons. The molecule has 0 spiro atoms. The second kappa shape index (κ2) is 3.55. The van der Waals surface area contributed by atoms with Gasteiger partial charge < -0.3 is 9.84 Å². The van der Waals surface area contributed by atoms with Crippen LogP contribution in [0.2, 0.25) is 0 Å². The number of carboxylic acid groups (broad SMARTS) is 1. The Morgan fingerprint density at radius 2 is 2.41 bits per heavy atom. The summed E-state index contributed by atoms with van der Waals surface area (Å²) in [6, 6.07) is 5.23. The molecule has 86 valence electrons. The topological polar surface area (TPSA) is 90.1 Å². The number of fused-ring (bicyclic) bond motifs is 1. The van der Waals surface area contributed by atoms with E-state index in [1.165, 1.54) is 11.0 Å². The van der Waals surface area contributed by atoms with Gasteiger partial charge in [0.2, 0.25) is 0 Å². The maximum atomic E-state index is 11.0. The minimum atomic E-state index is -0.876. The van der Waals surface area contributed by atoms with E-state index in [1.54, 1.807) is 18.2 Å². The number of rotatable bonds is 2. The zero-order chi connectivity index (χ0) is 11.8. The molecule has 1 atom stereocenters. The second-order valence-electron chi connectivity index (χ2n) is 3.68. The summed E-state index contributed by atoms with van der Waals surface area (Å²) in [7, 11) is 0. The van der Waals surface area contributed by atoms with Gasteiger partial charge in [0, 0.05) is 11.6 Å². The van der Waals surface area contributed by atoms with E-state index >= 15 is 0 Å². The van der Waals surface area contributed by atoms with Crippen LogP contribution in [0.25, 0.3) is 5.69 Å². The molecule has 0 saturated heterocycles. The van der Waals surface area contributed by atoms with Crippen molar-refractivity contribution in [1.29, 1.82) is 0 Å². The van der Waals surface area contributed by atoms with Crippen molar-refractivity contribution < 1.29 is 14.6 Å². The van der Waals surface area contributed by atoms with Crippen molar-refractivity contribution in [2.75, 3.05) is 6.61 Å². The van der Waals surface area contributed by atoms with Crippen LogP contribution in [-0.2, 0) is 4.79 Å². The van der Waals surface area contributed by atoms with Crippen LogP contribution in [0.3, 0.4) is 0 Å². The third-order valence-electron chi connectivity index (χ3n) is 2.69. The van der Waals surface area contributed by atoms with Crippen LogP contribution in [0.1, 0.15) is 11.5 Å². The lowest BCUT2D eigenvalue weighted by molar-refractivity contribution is -0.138. The Morgan fingerprint density at radius 3 is 3.12 bits per heavy atom. The van der Waals surface area contributed by atoms with Crippen molar-refractivity contribution in [3.8, 4) is 11.4 Å². The summed E-state index contributed by atoms with van der Waals surface area (Å²) in [5, 5.41) is 19.8. The Kier molecular flexibility index (Phi) is 2.04. The summed E-state index contributed by atoms with van der Waals surface area (Å²) in [4.78, 5) is 11.0. The molecule has 1 aliphatic heterocycles. The normalized spacial score (nSPS) is 17.5. The largest absolute Gasteiger partial charge is 0.492 e. The van der Waals surface area contributed by atoms with E-state index in [-0.39, 0.29) is 6.61 Å². The van der Waals surface area contributed by atoms with Gasteiger partial charge in [-0.2, -0.15) is 0 Å². The minimum absolute atomic E-state index is 0.170. The Labute approximate surface area is 95.6 Å². The van der Waals surface area contributed by atoms with Crippen LogP contribution in [0, 0.1) is 0 Å². The van der Waals surface area contributed by atoms with Crippen LogP contribution in [0.5, 0.6) is 5.75 Å². The third-order valence-corrected chi connectivity index (χ3v) is 2.69. The summed E-state index contributed by atoms with van der Waals surface area (Å²) in [6.07, 6.45) is 1.46. The maximum Gasteiger partial charge on any atom is 0.314 e. The molecule has 7 heteroatoms. The number of nitrogens with zero attached hydrogens (tertiary/aromatic N) is 4. The molecule has 1 N–H and O–H groups in total. The van der Waals surface area contributed by atoms with E-state index in [2.05, 4.69) is 15.5 Å². The van der Waals surface area contributed by atoms with Crippen molar-refractivity contribution >= 4 is 5.97 Å². The first kappa shape index (κ1) is 9.76. The van der Waals surface area contributed by atoms with Gasteiger partial charge in [-0.15, -0.1) is 5.10 Å². The molecule has 1 aromatic carbocycles. The Morgan fingerprint density at radius 1 is 1.53 bits per heavy atom. The molecule has 0 amide bonds. The van der Waals surface area contributed by atoms with E-state index in [9.17, 15) is 4.79 Å². The summed E-state index contributed by atoms with van der Waals surface area (Å²) >= 11 is 0. The van der Waals surface area contributed by atoms with Gasteiger partial charge in [-0.3, -0.25) is 4.79 Å². The van der Waals surface area contributed by atoms with Gasteiger partial charge in [0.25, 0.3) is 0 Å². The first-order valence-corrected chi connectivity index (χ1v) is 4.98. The molecule has 1 aromatic heterocycles. The van der Waals surface area contributed by atoms with Crippen molar-refractivity contribution in [1.82, 2.24) is 20.2 Å². The fourth-order valence-electron chi connectivity index (χ4n) is 1.83. The predicted molar refractivity (Wildman–Crippen MR) is 55.0 cm³/mol. The van der Waals surface area contributed by atoms with Gasteiger partial charge >= 0.3 is 5.97 Å². The van der Waals surface area contributed by atoms with Crippen LogP contribution in [0.4, 0.5) is 0 Å². The second-order valence-corrected chi connectivity index (χ2v) is 3.68. The van der Waals surface area contributed by atoms with Gasteiger partial charge in [-0.1, -0.05) is 6.07 Å². The molecular formula is C10H8N4O3. The van der Waals surface area contributed by atoms with E-state index in [0.29, 0.717) is 11.3 Å². The van der Waals surface area contributed by atoms with E-state index in [4.69, 9.17) is 9.84 Å². The molecule has 0 fully saturated rings. The molecule has 17 heavy (non-hydrogen) atoms. The van der Waals surface area contributed by atoms with Crippen molar-refractivity contribution in [3.05, 3.63) is 30.1 Å². The Balaban J connectivity index is 2.02. The Hall–Kier alpha value is -2.44. The number of tetrazole rings is 1. The van der Waals surface area contributed by atoms with Crippen LogP contribution in [-0.4, -0.2) is 37.9 Å². The molecule has 2 heterocycles. The van der Waals surface area contributed by atoms with Crippen molar-refractivity contribution in [3.63, 3.8) is 0 Å². The number of benzene rings is 1. The predicted octanol–water partition coefficient (Wildman–Crippen LogP) is 0.223. The van der Waals surface area contributed by atoms with E-state index < -0.39 is 11.9 Å². The van der Waals surface area contributed by atoms with Gasteiger partial charge in [0.15, 0.2) is 0 Å². The van der Waals surface area contributed by atoms with Crippen LogP contribution in [0.15, 0.2) is 24.5 Å². The molecule has 2 aromatic rings. The highest BCUT2D eigenvalue weighted by molar-refractivity contribution is 5.78. The lowest BCUT2D eigenvalue weighted by Gasteiger charge is -2.04. The number of carboxylic acids is 1. The standard InChI is InChI=1S/C10H8N4O3/c15-10(16)8-4-17-9-3-6(1-2-7(8)9)14-5-11-12-13-14/h1-3,5,8H,4H2,(H,15,16)/t8-/m0/s1. The molecule has 0 bridgehead atoms. The third kappa shape index (κ3) is 1.52. The molecule has 0 aliphatic carbocycles. The molecule has 1 aliphatic rings. The van der Waals surface area contributed by atoms with Crippen LogP contribution >= 0.6 is 0 Å². The molecular weight excluding hydrogens is 224 g/mol. The van der Waals surface area contributed by atoms with Gasteiger partial charge in [-0.25, -0.2) is 4.68 Å². The average Bonchev–Trinajstić information content (AvgIpc) is 2.97. The number of aromatic nitrogens is 4. The highest BCUT2D eigenvalue weighted by atomic mass is 16.5. The maximum absolute atomic E-state index is 11.0. The fourth-order valence-corrected chi connectivity index (χ4v) is 1.83. The SMILES string of the molecule is O=C(O)[C@H]1COc2cc(-n3cnnn3)ccc21. The number of hydrogen-bond donors (Lipinski definition) is 1. The van der Waals surface area contributed by atoms with E-state index in [0.717, 1.165) is 5.69 Å². The minimum Gasteiger partial charge on any atom is -0.492 e. The van der Waals surface area contributed by atoms with Gasteiger partial charge in [0.05, 0.1) is 5.69 Å². The van der Waals surface area contributed by atoms with Gasteiger partial charge in [0.1, 0.15) is 24.6 Å². The average molecular weight is 232 g/mol. The molecule has 7 nitrogen and oxygen atoms in total. The highest BCUT2D eigenvalue weighted by Gasteiger charge is 2.30. The van der Waals surface area contributed by atoms with E-state index in [1.807, 2.05) is 0 Å². The molecule has 3 rings (SSSR count). The lowest BCUT2D eigenvalue weighted by Crippen LogP contribution is -2.12. The zero-order valence-electron chi connectivity index (χ0n) is 8.65. The summed E-state index contributed by atoms with van der Waals surface area (Å²) < 4.78 is 6.83. The fraction of sp³-hybridized carbons (Fsp3) is 0.200. The van der Waals surface area contributed by atoms with Gasteiger partial charge in [-0.05, 0) is 16.5 Å². The summed E-state index contributed by atoms with van der Waals surface area (Å²) in [5.74, 6) is -0.891. The Bertz CT molecular complexity index is 567. The zero-order valence-corrected chi connectivity index (χ0v) is 8.65. The molecule has 0 saturated carbocycles. The molecule has 0 unspecified atom stereocenters. The highest BCUT2D eigenvalue weighted by Crippen LogP contribution is 2.35. The first-order chi connectivity index (χ1) is 8.25. The first-order valence-electron chi connectivity index (χ1n) is 4.98. The lowest BCUT2D eigenvalue weighted by atomic mass is 10.0. The summed E-state index contributed by atoms with van der Waals surface area (Å²) in [6.45, 7) is 0.170. The number of hydrogen-bond acceptors (Lipinski definition) is 5. The quantitative estimate of drug-likeness (QED) is 0.796. The van der Waals surface area contributed by atoms with Crippen LogP contribution < -0.4 is 4.74 Å². The van der Waals surface area contributed by atoms with Crippen molar-refractivity contribution in [2.24, 2.45) is 0 Å². The summed E-state index contributed by atoms with van der Waals surface area (Å²) in [5.41, 5.74) is 1.43. The monoisotopic (exact) mass is 232 g/mol. The number of carbonyl (C=O) groups is 1. The number of ether oxygens (including phenoxy) is 1. The van der Waals surface area contributed by atoms with Crippen molar-refractivity contribution in [2.45, 2.75) is 5.92 Å². The smallest absolute Gasteiger partial charge is 0.314 e. The number of aliphatic carboxylic acids is 1.